The summed E-state index contributed by atoms with van der Waals surface area (Å²) in [6.45, 7) is 2.23. The van der Waals surface area contributed by atoms with Crippen molar-refractivity contribution in [3.63, 3.8) is 0 Å². The summed E-state index contributed by atoms with van der Waals surface area (Å²) < 4.78 is 2.38. The third-order valence-corrected chi connectivity index (χ3v) is 4.12. The van der Waals surface area contributed by atoms with Gasteiger partial charge in [0.05, 0.1) is 0 Å². The molecule has 0 fully saturated rings. The van der Waals surface area contributed by atoms with Gasteiger partial charge in [0.25, 0.3) is 0 Å². The van der Waals surface area contributed by atoms with Gasteiger partial charge in [-0.15, -0.1) is 0 Å². The van der Waals surface area contributed by atoms with Crippen molar-refractivity contribution in [3.05, 3.63) is 31.8 Å². The highest BCUT2D eigenvalue weighted by atomic mass is 127. The number of hydrogen-bond donors (Lipinski definition) is 1. The van der Waals surface area contributed by atoms with Crippen LogP contribution < -0.4 is 5.73 Å². The highest BCUT2D eigenvalue weighted by Gasteiger charge is 2.09. The van der Waals surface area contributed by atoms with Crippen molar-refractivity contribution in [2.75, 3.05) is 0 Å². The zero-order valence-electron chi connectivity index (χ0n) is 9.68. The molecule has 1 unspecified atom stereocenters. The third-order valence-electron chi connectivity index (χ3n) is 2.73. The van der Waals surface area contributed by atoms with Gasteiger partial charge in [0, 0.05) is 14.1 Å². The smallest absolute Gasteiger partial charge is 0.0306 e. The first kappa shape index (κ1) is 14.5. The summed E-state index contributed by atoms with van der Waals surface area (Å²) in [5, 5.41) is 0. The second-order valence-corrected chi connectivity index (χ2v) is 6.22. The van der Waals surface area contributed by atoms with Gasteiger partial charge in [-0.3, -0.25) is 0 Å². The van der Waals surface area contributed by atoms with Crippen LogP contribution in [0, 0.1) is 3.57 Å². The Morgan fingerprint density at radius 1 is 1.31 bits per heavy atom. The van der Waals surface area contributed by atoms with Crippen molar-refractivity contribution in [3.8, 4) is 0 Å². The van der Waals surface area contributed by atoms with E-state index in [0.29, 0.717) is 0 Å². The molecule has 0 amide bonds. The summed E-state index contributed by atoms with van der Waals surface area (Å²) in [6.07, 6.45) is 6.21. The van der Waals surface area contributed by atoms with Crippen molar-refractivity contribution in [2.45, 2.75) is 45.1 Å². The molecule has 1 aromatic carbocycles. The van der Waals surface area contributed by atoms with Crippen LogP contribution in [0.1, 0.15) is 50.6 Å². The summed E-state index contributed by atoms with van der Waals surface area (Å²) in [6, 6.07) is 6.52. The maximum absolute atomic E-state index is 6.21. The number of rotatable bonds is 6. The number of nitrogens with two attached hydrogens (primary N) is 1. The second kappa shape index (κ2) is 7.67. The number of benzene rings is 1. The van der Waals surface area contributed by atoms with E-state index in [0.717, 1.165) is 10.9 Å². The van der Waals surface area contributed by atoms with Crippen LogP contribution in [0.4, 0.5) is 0 Å². The van der Waals surface area contributed by atoms with Crippen LogP contribution in [0.2, 0.25) is 0 Å². The van der Waals surface area contributed by atoms with Crippen LogP contribution in [-0.2, 0) is 0 Å². The molecular formula is C13H19BrIN. The second-order valence-electron chi connectivity index (χ2n) is 4.12. The minimum atomic E-state index is 0.168. The molecule has 0 aliphatic heterocycles. The molecule has 0 spiro atoms. The molecule has 1 atom stereocenters. The Hall–Kier alpha value is 0.390. The van der Waals surface area contributed by atoms with Crippen molar-refractivity contribution in [2.24, 2.45) is 5.73 Å². The lowest BCUT2D eigenvalue weighted by Gasteiger charge is -2.14. The van der Waals surface area contributed by atoms with E-state index in [2.05, 4.69) is 63.6 Å². The van der Waals surface area contributed by atoms with Gasteiger partial charge >= 0.3 is 0 Å². The SMILES string of the molecule is CCCCCCC(N)c1cc(I)ccc1Br. The van der Waals surface area contributed by atoms with Gasteiger partial charge in [-0.2, -0.15) is 0 Å². The van der Waals surface area contributed by atoms with E-state index in [-0.39, 0.29) is 6.04 Å². The first-order chi connectivity index (χ1) is 7.65. The van der Waals surface area contributed by atoms with E-state index >= 15 is 0 Å². The number of halogens is 2. The molecule has 16 heavy (non-hydrogen) atoms. The minimum Gasteiger partial charge on any atom is -0.324 e. The first-order valence-electron chi connectivity index (χ1n) is 5.85. The van der Waals surface area contributed by atoms with Gasteiger partial charge in [-0.1, -0.05) is 48.5 Å². The predicted molar refractivity (Wildman–Crippen MR) is 82.5 cm³/mol. The average Bonchev–Trinajstić information content (AvgIpc) is 2.27. The van der Waals surface area contributed by atoms with E-state index in [4.69, 9.17) is 5.73 Å². The Kier molecular flexibility index (Phi) is 6.92. The summed E-state index contributed by atoms with van der Waals surface area (Å²) in [4.78, 5) is 0. The zero-order valence-corrected chi connectivity index (χ0v) is 13.4. The predicted octanol–water partition coefficient (Wildman–Crippen LogP) is 5.02. The molecule has 1 rings (SSSR count). The standard InChI is InChI=1S/C13H19BrIN/c1-2-3-4-5-6-13(16)11-9-10(15)7-8-12(11)14/h7-9,13H,2-6,16H2,1H3. The van der Waals surface area contributed by atoms with E-state index in [9.17, 15) is 0 Å². The summed E-state index contributed by atoms with van der Waals surface area (Å²) in [5.74, 6) is 0. The first-order valence-corrected chi connectivity index (χ1v) is 7.73. The van der Waals surface area contributed by atoms with Crippen LogP contribution in [0.25, 0.3) is 0 Å². The normalized spacial score (nSPS) is 12.8. The Labute approximate surface area is 120 Å². The molecule has 2 N–H and O–H groups in total. The van der Waals surface area contributed by atoms with Gasteiger partial charge in [-0.25, -0.2) is 0 Å². The molecule has 0 aliphatic carbocycles. The summed E-state index contributed by atoms with van der Waals surface area (Å²) in [7, 11) is 0. The van der Waals surface area contributed by atoms with Crippen molar-refractivity contribution in [1.82, 2.24) is 0 Å². The maximum atomic E-state index is 6.21. The van der Waals surface area contributed by atoms with Gasteiger partial charge in [0.2, 0.25) is 0 Å². The molecule has 0 aromatic heterocycles. The van der Waals surface area contributed by atoms with Gasteiger partial charge in [0.15, 0.2) is 0 Å². The Bertz CT molecular complexity index is 328. The molecule has 0 bridgehead atoms. The quantitative estimate of drug-likeness (QED) is 0.530. The summed E-state index contributed by atoms with van der Waals surface area (Å²) >= 11 is 5.90. The van der Waals surface area contributed by atoms with Crippen LogP contribution in [0.5, 0.6) is 0 Å². The fourth-order valence-electron chi connectivity index (χ4n) is 1.75. The zero-order chi connectivity index (χ0) is 12.0. The van der Waals surface area contributed by atoms with E-state index in [1.54, 1.807) is 0 Å². The lowest BCUT2D eigenvalue weighted by molar-refractivity contribution is 0.565. The van der Waals surface area contributed by atoms with Crippen molar-refractivity contribution in [1.29, 1.82) is 0 Å². The van der Waals surface area contributed by atoms with Crippen LogP contribution in [0.3, 0.4) is 0 Å². The summed E-state index contributed by atoms with van der Waals surface area (Å²) in [5.41, 5.74) is 7.45. The molecule has 0 radical (unpaired) electrons. The Morgan fingerprint density at radius 3 is 2.75 bits per heavy atom. The molecule has 0 saturated heterocycles. The molecule has 0 aliphatic rings. The lowest BCUT2D eigenvalue weighted by Crippen LogP contribution is -2.11. The highest BCUT2D eigenvalue weighted by molar-refractivity contribution is 14.1. The highest BCUT2D eigenvalue weighted by Crippen LogP contribution is 2.27. The number of hydrogen-bond acceptors (Lipinski definition) is 1. The molecule has 0 saturated carbocycles. The Morgan fingerprint density at radius 2 is 2.06 bits per heavy atom. The third kappa shape index (κ3) is 4.72. The fraction of sp³-hybridized carbons (Fsp3) is 0.538. The monoisotopic (exact) mass is 395 g/mol. The van der Waals surface area contributed by atoms with Crippen molar-refractivity contribution >= 4 is 38.5 Å². The Balaban J connectivity index is 2.51. The van der Waals surface area contributed by atoms with Crippen LogP contribution in [-0.4, -0.2) is 0 Å². The average molecular weight is 396 g/mol. The van der Waals surface area contributed by atoms with E-state index < -0.39 is 0 Å². The molecule has 0 heterocycles. The molecule has 1 aromatic rings. The van der Waals surface area contributed by atoms with Crippen molar-refractivity contribution < 1.29 is 0 Å². The van der Waals surface area contributed by atoms with E-state index in [1.807, 2.05) is 0 Å². The van der Waals surface area contributed by atoms with Crippen LogP contribution >= 0.6 is 38.5 Å². The van der Waals surface area contributed by atoms with Gasteiger partial charge in [-0.05, 0) is 52.8 Å². The minimum absolute atomic E-state index is 0.168. The number of unbranched alkanes of at least 4 members (excludes halogenated alkanes) is 3. The molecular weight excluding hydrogens is 377 g/mol. The molecule has 90 valence electrons. The van der Waals surface area contributed by atoms with Gasteiger partial charge < -0.3 is 5.73 Å². The molecule has 1 nitrogen and oxygen atoms in total. The largest absolute Gasteiger partial charge is 0.324 e. The fourth-order valence-corrected chi connectivity index (χ4v) is 2.80. The lowest BCUT2D eigenvalue weighted by atomic mass is 10.0. The molecule has 3 heteroatoms. The van der Waals surface area contributed by atoms with Gasteiger partial charge in [0.1, 0.15) is 0 Å². The maximum Gasteiger partial charge on any atom is 0.0306 e. The van der Waals surface area contributed by atoms with E-state index in [1.165, 1.54) is 34.8 Å². The topological polar surface area (TPSA) is 26.0 Å². The van der Waals surface area contributed by atoms with Crippen LogP contribution in [0.15, 0.2) is 22.7 Å².